The molecule has 2 saturated heterocycles. The van der Waals surface area contributed by atoms with Crippen molar-refractivity contribution >= 4 is 17.6 Å². The van der Waals surface area contributed by atoms with Crippen molar-refractivity contribution in [2.75, 3.05) is 31.1 Å². The predicted octanol–water partition coefficient (Wildman–Crippen LogP) is 0.909. The number of nitro groups is 1. The molecule has 1 amide bonds. The summed E-state index contributed by atoms with van der Waals surface area (Å²) >= 11 is 0. The molecule has 0 saturated carbocycles. The minimum absolute atomic E-state index is 0.00367. The summed E-state index contributed by atoms with van der Waals surface area (Å²) in [5.74, 6) is 0.507. The second-order valence-corrected chi connectivity index (χ2v) is 5.90. The second-order valence-electron chi connectivity index (χ2n) is 5.90. The van der Waals surface area contributed by atoms with Gasteiger partial charge in [-0.2, -0.15) is 5.10 Å². The molecule has 9 heteroatoms. The molecule has 1 spiro atoms. The number of hydrogen-bond donors (Lipinski definition) is 1. The van der Waals surface area contributed by atoms with E-state index >= 15 is 0 Å². The van der Waals surface area contributed by atoms with Crippen molar-refractivity contribution < 1.29 is 14.8 Å². The molecule has 3 rings (SSSR count). The SMILES string of the molecule is Cn1ncc([N+](=O)[O-])c1N1CCCC2(CN(C(=O)O)C2)C1. The molecule has 2 aliphatic rings. The Morgan fingerprint density at radius 1 is 1.48 bits per heavy atom. The zero-order valence-electron chi connectivity index (χ0n) is 11.7. The maximum atomic E-state index is 11.1. The van der Waals surface area contributed by atoms with Crippen LogP contribution in [-0.4, -0.2) is 57.0 Å². The molecule has 3 heterocycles. The maximum Gasteiger partial charge on any atom is 0.407 e. The third-order valence-electron chi connectivity index (χ3n) is 4.37. The number of aromatic nitrogens is 2. The predicted molar refractivity (Wildman–Crippen MR) is 73.3 cm³/mol. The summed E-state index contributed by atoms with van der Waals surface area (Å²) < 4.78 is 1.52. The van der Waals surface area contributed by atoms with Crippen LogP contribution in [0.5, 0.6) is 0 Å². The van der Waals surface area contributed by atoms with Gasteiger partial charge in [-0.05, 0) is 12.8 Å². The molecule has 114 valence electrons. The first-order valence-electron chi connectivity index (χ1n) is 6.81. The third kappa shape index (κ3) is 2.18. The highest BCUT2D eigenvalue weighted by molar-refractivity contribution is 5.66. The Bertz CT molecular complexity index is 592. The van der Waals surface area contributed by atoms with E-state index in [1.807, 2.05) is 4.90 Å². The van der Waals surface area contributed by atoms with Crippen LogP contribution in [0, 0.1) is 15.5 Å². The molecule has 1 aromatic rings. The number of nitrogens with zero attached hydrogens (tertiary/aromatic N) is 5. The van der Waals surface area contributed by atoms with Crippen molar-refractivity contribution in [2.24, 2.45) is 12.5 Å². The largest absolute Gasteiger partial charge is 0.465 e. The molecule has 0 unspecified atom stereocenters. The first-order chi connectivity index (χ1) is 9.92. The number of carbonyl (C=O) groups is 1. The van der Waals surface area contributed by atoms with Crippen LogP contribution in [0.1, 0.15) is 12.8 Å². The van der Waals surface area contributed by atoms with E-state index < -0.39 is 11.0 Å². The third-order valence-corrected chi connectivity index (χ3v) is 4.37. The van der Waals surface area contributed by atoms with Crippen LogP contribution >= 0.6 is 0 Å². The highest BCUT2D eigenvalue weighted by Crippen LogP contribution is 2.41. The standard InChI is InChI=1S/C12H17N5O4/c1-14-10(9(5-13-14)17(20)21)15-4-2-3-12(6-15)7-16(8-12)11(18)19/h5H,2-4,6-8H2,1H3,(H,18,19). The van der Waals surface area contributed by atoms with E-state index in [1.165, 1.54) is 15.8 Å². The quantitative estimate of drug-likeness (QED) is 0.642. The fourth-order valence-electron chi connectivity index (χ4n) is 3.46. The van der Waals surface area contributed by atoms with Crippen LogP contribution in [0.3, 0.4) is 0 Å². The van der Waals surface area contributed by atoms with Gasteiger partial charge in [0.15, 0.2) is 0 Å². The molecule has 0 atom stereocenters. The minimum Gasteiger partial charge on any atom is -0.465 e. The van der Waals surface area contributed by atoms with Gasteiger partial charge >= 0.3 is 11.8 Å². The van der Waals surface area contributed by atoms with Gasteiger partial charge in [0.05, 0.1) is 4.92 Å². The number of piperidine rings is 1. The Morgan fingerprint density at radius 2 is 2.19 bits per heavy atom. The zero-order valence-corrected chi connectivity index (χ0v) is 11.7. The van der Waals surface area contributed by atoms with Crippen molar-refractivity contribution in [1.82, 2.24) is 14.7 Å². The number of rotatable bonds is 2. The molecule has 0 radical (unpaired) electrons. The molecule has 2 fully saturated rings. The van der Waals surface area contributed by atoms with E-state index in [9.17, 15) is 14.9 Å². The number of anilines is 1. The first kappa shape index (κ1) is 13.7. The van der Waals surface area contributed by atoms with Crippen LogP contribution in [0.2, 0.25) is 0 Å². The number of aryl methyl sites for hydroxylation is 1. The van der Waals surface area contributed by atoms with E-state index in [2.05, 4.69) is 5.10 Å². The lowest BCUT2D eigenvalue weighted by atomic mass is 9.73. The van der Waals surface area contributed by atoms with Gasteiger partial charge in [-0.1, -0.05) is 0 Å². The van der Waals surface area contributed by atoms with E-state index in [0.717, 1.165) is 19.4 Å². The summed E-state index contributed by atoms with van der Waals surface area (Å²) in [6, 6.07) is 0. The van der Waals surface area contributed by atoms with E-state index in [0.29, 0.717) is 25.5 Å². The zero-order chi connectivity index (χ0) is 15.2. The van der Waals surface area contributed by atoms with Crippen molar-refractivity contribution in [3.63, 3.8) is 0 Å². The number of hydrogen-bond acceptors (Lipinski definition) is 5. The Balaban J connectivity index is 1.80. The van der Waals surface area contributed by atoms with Gasteiger partial charge in [-0.15, -0.1) is 0 Å². The Kier molecular flexibility index (Phi) is 2.99. The molecule has 2 aliphatic heterocycles. The maximum absolute atomic E-state index is 11.1. The van der Waals surface area contributed by atoms with Crippen LogP contribution in [0.4, 0.5) is 16.3 Å². The molecule has 9 nitrogen and oxygen atoms in total. The lowest BCUT2D eigenvalue weighted by molar-refractivity contribution is -0.384. The van der Waals surface area contributed by atoms with Crippen molar-refractivity contribution in [3.8, 4) is 0 Å². The summed E-state index contributed by atoms with van der Waals surface area (Å²) in [6.07, 6.45) is 2.22. The number of likely N-dealkylation sites (tertiary alicyclic amines) is 1. The average Bonchev–Trinajstić information content (AvgIpc) is 2.78. The fourth-order valence-corrected chi connectivity index (χ4v) is 3.46. The van der Waals surface area contributed by atoms with Crippen LogP contribution in [0.25, 0.3) is 0 Å². The summed E-state index contributed by atoms with van der Waals surface area (Å²) in [5, 5.41) is 24.0. The lowest BCUT2D eigenvalue weighted by Crippen LogP contribution is -2.64. The molecule has 21 heavy (non-hydrogen) atoms. The van der Waals surface area contributed by atoms with E-state index in [1.54, 1.807) is 7.05 Å². The van der Waals surface area contributed by atoms with Gasteiger partial charge < -0.3 is 14.9 Å². The Hall–Kier alpha value is -2.32. The van der Waals surface area contributed by atoms with Crippen LogP contribution in [-0.2, 0) is 7.05 Å². The topological polar surface area (TPSA) is 105 Å². The molecular formula is C12H17N5O4. The smallest absolute Gasteiger partial charge is 0.407 e. The average molecular weight is 295 g/mol. The van der Waals surface area contributed by atoms with E-state index in [-0.39, 0.29) is 11.1 Å². The van der Waals surface area contributed by atoms with Gasteiger partial charge in [0.2, 0.25) is 5.82 Å². The normalized spacial score (nSPS) is 20.4. The monoisotopic (exact) mass is 295 g/mol. The molecule has 0 bridgehead atoms. The Labute approximate surface area is 120 Å². The van der Waals surface area contributed by atoms with Gasteiger partial charge in [-0.25, -0.2) is 9.48 Å². The van der Waals surface area contributed by atoms with E-state index in [4.69, 9.17) is 5.11 Å². The van der Waals surface area contributed by atoms with Gasteiger partial charge in [-0.3, -0.25) is 10.1 Å². The minimum atomic E-state index is -0.899. The van der Waals surface area contributed by atoms with Gasteiger partial charge in [0.25, 0.3) is 0 Å². The van der Waals surface area contributed by atoms with Gasteiger partial charge in [0, 0.05) is 38.6 Å². The second kappa shape index (κ2) is 4.61. The van der Waals surface area contributed by atoms with Gasteiger partial charge in [0.1, 0.15) is 6.20 Å². The molecular weight excluding hydrogens is 278 g/mol. The first-order valence-corrected chi connectivity index (χ1v) is 6.81. The molecule has 1 N–H and O–H groups in total. The lowest BCUT2D eigenvalue weighted by Gasteiger charge is -2.53. The molecule has 0 aromatic carbocycles. The van der Waals surface area contributed by atoms with Crippen molar-refractivity contribution in [2.45, 2.75) is 12.8 Å². The summed E-state index contributed by atoms with van der Waals surface area (Å²) in [6.45, 7) is 2.38. The Morgan fingerprint density at radius 3 is 2.81 bits per heavy atom. The van der Waals surface area contributed by atoms with Crippen molar-refractivity contribution in [1.29, 1.82) is 0 Å². The summed E-state index contributed by atoms with van der Waals surface area (Å²) in [4.78, 5) is 25.0. The summed E-state index contributed by atoms with van der Waals surface area (Å²) in [5.41, 5.74) is -0.0710. The number of amides is 1. The fraction of sp³-hybridized carbons (Fsp3) is 0.667. The molecule has 0 aliphatic carbocycles. The molecule has 1 aromatic heterocycles. The highest BCUT2D eigenvalue weighted by atomic mass is 16.6. The van der Waals surface area contributed by atoms with Crippen LogP contribution < -0.4 is 4.90 Å². The number of carboxylic acid groups (broad SMARTS) is 1. The van der Waals surface area contributed by atoms with Crippen molar-refractivity contribution in [3.05, 3.63) is 16.3 Å². The van der Waals surface area contributed by atoms with Crippen LogP contribution in [0.15, 0.2) is 6.20 Å². The summed E-state index contributed by atoms with van der Waals surface area (Å²) in [7, 11) is 1.69. The highest BCUT2D eigenvalue weighted by Gasteiger charge is 2.48.